The number of nitrogens with zero attached hydrogens (tertiary/aromatic N) is 2. The molecule has 1 aliphatic rings. The maximum Gasteiger partial charge on any atom is 0.128 e. The van der Waals surface area contributed by atoms with Gasteiger partial charge in [0.25, 0.3) is 0 Å². The average Bonchev–Trinajstić information content (AvgIpc) is 2.53. The topological polar surface area (TPSA) is 25.4 Å². The van der Waals surface area contributed by atoms with Crippen molar-refractivity contribution in [2.45, 2.75) is 6.42 Å². The summed E-state index contributed by atoms with van der Waals surface area (Å²) in [5.41, 5.74) is 2.29. The van der Waals surface area contributed by atoms with Gasteiger partial charge in [-0.05, 0) is 34.1 Å². The van der Waals surface area contributed by atoms with Crippen LogP contribution in [0.2, 0.25) is 5.02 Å². The third kappa shape index (κ3) is 3.42. The van der Waals surface area contributed by atoms with E-state index < -0.39 is 0 Å². The second-order valence-corrected chi connectivity index (χ2v) is 6.42. The second-order valence-electron chi connectivity index (χ2n) is 5.10. The molecule has 1 aromatic carbocycles. The summed E-state index contributed by atoms with van der Waals surface area (Å²) in [6.07, 6.45) is 2.10. The van der Waals surface area contributed by atoms with Gasteiger partial charge < -0.3 is 9.64 Å². The van der Waals surface area contributed by atoms with E-state index in [1.54, 1.807) is 18.3 Å². The summed E-state index contributed by atoms with van der Waals surface area (Å²) >= 11 is 9.59. The number of pyridine rings is 1. The summed E-state index contributed by atoms with van der Waals surface area (Å²) < 4.78 is 20.3. The molecule has 1 fully saturated rings. The van der Waals surface area contributed by atoms with Crippen molar-refractivity contribution in [1.29, 1.82) is 0 Å². The Balaban J connectivity index is 1.96. The van der Waals surface area contributed by atoms with Gasteiger partial charge in [0.15, 0.2) is 0 Å². The predicted octanol–water partition coefficient (Wildman–Crippen LogP) is 4.06. The summed E-state index contributed by atoms with van der Waals surface area (Å²) in [5, 5.41) is 0.428. The number of rotatable bonds is 3. The Labute approximate surface area is 142 Å². The Morgan fingerprint density at radius 2 is 2.09 bits per heavy atom. The molecule has 0 amide bonds. The smallest absolute Gasteiger partial charge is 0.128 e. The molecule has 0 aliphatic carbocycles. The summed E-state index contributed by atoms with van der Waals surface area (Å²) in [6.45, 7) is 2.98. The van der Waals surface area contributed by atoms with Crippen LogP contribution in [0.25, 0.3) is 0 Å². The SMILES string of the molecule is Fc1cccc(Cl)c1Cc1ncc(Br)cc1N1CCOCC1. The lowest BCUT2D eigenvalue weighted by Crippen LogP contribution is -2.37. The summed E-state index contributed by atoms with van der Waals surface area (Å²) in [5.74, 6) is -0.301. The molecule has 1 aromatic heterocycles. The van der Waals surface area contributed by atoms with Crippen LogP contribution in [0.15, 0.2) is 34.9 Å². The summed E-state index contributed by atoms with van der Waals surface area (Å²) in [7, 11) is 0. The molecule has 0 spiro atoms. The summed E-state index contributed by atoms with van der Waals surface area (Å²) in [6, 6.07) is 6.75. The Morgan fingerprint density at radius 1 is 1.32 bits per heavy atom. The lowest BCUT2D eigenvalue weighted by molar-refractivity contribution is 0.122. The molecule has 0 N–H and O–H groups in total. The molecule has 22 heavy (non-hydrogen) atoms. The fourth-order valence-corrected chi connectivity index (χ4v) is 3.09. The number of anilines is 1. The number of ether oxygens (including phenoxy) is 1. The molecule has 3 nitrogen and oxygen atoms in total. The van der Waals surface area contributed by atoms with Crippen LogP contribution in [-0.4, -0.2) is 31.3 Å². The molecule has 2 heterocycles. The molecule has 0 bridgehead atoms. The molecule has 1 aliphatic heterocycles. The quantitative estimate of drug-likeness (QED) is 0.796. The number of halogens is 3. The first kappa shape index (κ1) is 15.7. The van der Waals surface area contributed by atoms with Crippen LogP contribution in [0.1, 0.15) is 11.3 Å². The molecule has 0 radical (unpaired) electrons. The first-order chi connectivity index (χ1) is 10.6. The first-order valence-electron chi connectivity index (χ1n) is 7.05. The highest BCUT2D eigenvalue weighted by Crippen LogP contribution is 2.29. The van der Waals surface area contributed by atoms with Crippen LogP contribution >= 0.6 is 27.5 Å². The molecular weight excluding hydrogens is 371 g/mol. The zero-order valence-electron chi connectivity index (χ0n) is 11.9. The van der Waals surface area contributed by atoms with E-state index in [0.717, 1.165) is 28.9 Å². The molecule has 2 aromatic rings. The van der Waals surface area contributed by atoms with Crippen molar-refractivity contribution < 1.29 is 9.13 Å². The first-order valence-corrected chi connectivity index (χ1v) is 8.22. The fourth-order valence-electron chi connectivity index (χ4n) is 2.54. The zero-order chi connectivity index (χ0) is 15.5. The third-order valence-corrected chi connectivity index (χ3v) is 4.46. The lowest BCUT2D eigenvalue weighted by atomic mass is 10.1. The zero-order valence-corrected chi connectivity index (χ0v) is 14.2. The van der Waals surface area contributed by atoms with Gasteiger partial charge in [0.05, 0.1) is 24.6 Å². The van der Waals surface area contributed by atoms with E-state index in [1.807, 2.05) is 6.07 Å². The average molecular weight is 386 g/mol. The van der Waals surface area contributed by atoms with Gasteiger partial charge in [-0.15, -0.1) is 0 Å². The van der Waals surface area contributed by atoms with Gasteiger partial charge in [0.1, 0.15) is 5.82 Å². The highest BCUT2D eigenvalue weighted by Gasteiger charge is 2.18. The highest BCUT2D eigenvalue weighted by molar-refractivity contribution is 9.10. The van der Waals surface area contributed by atoms with Gasteiger partial charge in [-0.1, -0.05) is 17.7 Å². The molecule has 0 unspecified atom stereocenters. The number of hydrogen-bond acceptors (Lipinski definition) is 3. The maximum absolute atomic E-state index is 14.0. The van der Waals surface area contributed by atoms with Gasteiger partial charge in [-0.2, -0.15) is 0 Å². The minimum Gasteiger partial charge on any atom is -0.378 e. The largest absolute Gasteiger partial charge is 0.378 e. The van der Waals surface area contributed by atoms with E-state index in [4.69, 9.17) is 16.3 Å². The fraction of sp³-hybridized carbons (Fsp3) is 0.312. The monoisotopic (exact) mass is 384 g/mol. The van der Waals surface area contributed by atoms with Gasteiger partial charge >= 0.3 is 0 Å². The molecule has 6 heteroatoms. The number of benzene rings is 1. The Morgan fingerprint density at radius 3 is 2.82 bits per heavy atom. The standard InChI is InChI=1S/C16H15BrClFN2O/c17-11-8-16(21-4-6-22-7-5-21)15(20-10-11)9-12-13(18)2-1-3-14(12)19/h1-3,8,10H,4-7,9H2. The predicted molar refractivity (Wildman–Crippen MR) is 89.2 cm³/mol. The highest BCUT2D eigenvalue weighted by atomic mass is 79.9. The Kier molecular flexibility index (Phi) is 4.96. The minimum absolute atomic E-state index is 0.301. The minimum atomic E-state index is -0.301. The van der Waals surface area contributed by atoms with Crippen LogP contribution in [0.4, 0.5) is 10.1 Å². The molecule has 0 saturated carbocycles. The maximum atomic E-state index is 14.0. The van der Waals surface area contributed by atoms with Gasteiger partial charge in [0, 0.05) is 40.8 Å². The van der Waals surface area contributed by atoms with Crippen LogP contribution in [0.5, 0.6) is 0 Å². The van der Waals surface area contributed by atoms with Crippen molar-refractivity contribution in [3.05, 3.63) is 57.0 Å². The van der Waals surface area contributed by atoms with Crippen molar-refractivity contribution in [2.75, 3.05) is 31.2 Å². The van der Waals surface area contributed by atoms with E-state index in [1.165, 1.54) is 6.07 Å². The van der Waals surface area contributed by atoms with E-state index in [2.05, 4.69) is 25.8 Å². The molecular formula is C16H15BrClFN2O. The van der Waals surface area contributed by atoms with Gasteiger partial charge in [-0.3, -0.25) is 4.98 Å². The van der Waals surface area contributed by atoms with Crippen LogP contribution in [0, 0.1) is 5.82 Å². The molecule has 3 rings (SSSR count). The number of aromatic nitrogens is 1. The van der Waals surface area contributed by atoms with Crippen LogP contribution in [0.3, 0.4) is 0 Å². The number of morpholine rings is 1. The number of hydrogen-bond donors (Lipinski definition) is 0. The van der Waals surface area contributed by atoms with Crippen molar-refractivity contribution >= 4 is 33.2 Å². The van der Waals surface area contributed by atoms with Gasteiger partial charge in [-0.25, -0.2) is 4.39 Å². The molecule has 0 atom stereocenters. The van der Waals surface area contributed by atoms with Crippen LogP contribution in [-0.2, 0) is 11.2 Å². The van der Waals surface area contributed by atoms with E-state index in [9.17, 15) is 4.39 Å². The molecule has 1 saturated heterocycles. The normalized spacial score (nSPS) is 15.1. The van der Waals surface area contributed by atoms with E-state index >= 15 is 0 Å². The summed E-state index contributed by atoms with van der Waals surface area (Å²) in [4.78, 5) is 6.69. The van der Waals surface area contributed by atoms with Crippen LogP contribution < -0.4 is 4.90 Å². The van der Waals surface area contributed by atoms with Crippen molar-refractivity contribution in [3.63, 3.8) is 0 Å². The molecule has 116 valence electrons. The van der Waals surface area contributed by atoms with Crippen molar-refractivity contribution in [3.8, 4) is 0 Å². The third-order valence-electron chi connectivity index (χ3n) is 3.67. The van der Waals surface area contributed by atoms with Gasteiger partial charge in [0.2, 0.25) is 0 Å². The Bertz CT molecular complexity index is 657. The van der Waals surface area contributed by atoms with Crippen molar-refractivity contribution in [2.24, 2.45) is 0 Å². The van der Waals surface area contributed by atoms with E-state index in [-0.39, 0.29) is 5.82 Å². The second kappa shape index (κ2) is 6.94. The van der Waals surface area contributed by atoms with Crippen molar-refractivity contribution in [1.82, 2.24) is 4.98 Å². The Hall–Kier alpha value is -1.17. The lowest BCUT2D eigenvalue weighted by Gasteiger charge is -2.30. The van der Waals surface area contributed by atoms with E-state index in [0.29, 0.717) is 30.2 Å².